The minimum absolute atomic E-state index is 0.210. The molecule has 28 heavy (non-hydrogen) atoms. The molecule has 2 aromatic carbocycles. The Morgan fingerprint density at radius 2 is 1.57 bits per heavy atom. The zero-order chi connectivity index (χ0) is 19.7. The summed E-state index contributed by atoms with van der Waals surface area (Å²) in [4.78, 5) is 33.6. The SMILES string of the molecule is Cc1nc2sc(C(=O)NC(c3ccccc3)c3ccccc3)c(C)c2c(=O)[nH]1. The molecule has 0 fully saturated rings. The molecule has 2 N–H and O–H groups in total. The quantitative estimate of drug-likeness (QED) is 0.551. The van der Waals surface area contributed by atoms with Crippen LogP contribution in [0.5, 0.6) is 0 Å². The van der Waals surface area contributed by atoms with Crippen LogP contribution in [0.3, 0.4) is 0 Å². The van der Waals surface area contributed by atoms with Crippen LogP contribution in [0.4, 0.5) is 0 Å². The number of aromatic amines is 1. The van der Waals surface area contributed by atoms with Crippen LogP contribution in [-0.2, 0) is 0 Å². The van der Waals surface area contributed by atoms with Crippen LogP contribution in [0.2, 0.25) is 0 Å². The van der Waals surface area contributed by atoms with E-state index in [0.717, 1.165) is 11.1 Å². The molecule has 0 bridgehead atoms. The predicted molar refractivity (Wildman–Crippen MR) is 112 cm³/mol. The molecule has 0 unspecified atom stereocenters. The average Bonchev–Trinajstić information content (AvgIpc) is 3.04. The van der Waals surface area contributed by atoms with Gasteiger partial charge in [0, 0.05) is 0 Å². The van der Waals surface area contributed by atoms with Gasteiger partial charge in [-0.05, 0) is 30.5 Å². The Hall–Kier alpha value is -3.25. The average molecular weight is 389 g/mol. The highest BCUT2D eigenvalue weighted by molar-refractivity contribution is 7.20. The number of carbonyl (C=O) groups excluding carboxylic acids is 1. The first-order valence-electron chi connectivity index (χ1n) is 8.95. The van der Waals surface area contributed by atoms with Gasteiger partial charge in [0.15, 0.2) is 0 Å². The second-order valence-electron chi connectivity index (χ2n) is 6.62. The number of hydrogen-bond donors (Lipinski definition) is 2. The van der Waals surface area contributed by atoms with Crippen molar-refractivity contribution in [1.82, 2.24) is 15.3 Å². The highest BCUT2D eigenvalue weighted by Gasteiger charge is 2.23. The first-order valence-corrected chi connectivity index (χ1v) is 9.77. The summed E-state index contributed by atoms with van der Waals surface area (Å²) in [6, 6.07) is 19.4. The Morgan fingerprint density at radius 3 is 2.14 bits per heavy atom. The Balaban J connectivity index is 1.75. The molecule has 0 spiro atoms. The summed E-state index contributed by atoms with van der Waals surface area (Å²) in [7, 11) is 0. The molecule has 5 nitrogen and oxygen atoms in total. The molecule has 6 heteroatoms. The number of benzene rings is 2. The summed E-state index contributed by atoms with van der Waals surface area (Å²) >= 11 is 1.25. The lowest BCUT2D eigenvalue weighted by molar-refractivity contribution is 0.0946. The van der Waals surface area contributed by atoms with Gasteiger partial charge in [-0.2, -0.15) is 0 Å². The molecule has 2 heterocycles. The third kappa shape index (κ3) is 3.34. The molecule has 0 aliphatic rings. The van der Waals surface area contributed by atoms with E-state index in [9.17, 15) is 9.59 Å². The maximum absolute atomic E-state index is 13.1. The van der Waals surface area contributed by atoms with Crippen molar-refractivity contribution in [3.8, 4) is 0 Å². The monoisotopic (exact) mass is 389 g/mol. The summed E-state index contributed by atoms with van der Waals surface area (Å²) in [5.41, 5.74) is 2.43. The van der Waals surface area contributed by atoms with Gasteiger partial charge in [-0.15, -0.1) is 11.3 Å². The van der Waals surface area contributed by atoms with Crippen LogP contribution in [0.15, 0.2) is 65.5 Å². The Labute approximate surface area is 166 Å². The summed E-state index contributed by atoms with van der Waals surface area (Å²) in [6.07, 6.45) is 0. The van der Waals surface area contributed by atoms with Gasteiger partial charge in [0.25, 0.3) is 11.5 Å². The molecule has 0 aliphatic heterocycles. The molecule has 1 amide bonds. The van der Waals surface area contributed by atoms with E-state index in [0.29, 0.717) is 26.5 Å². The van der Waals surface area contributed by atoms with Gasteiger partial charge < -0.3 is 10.3 Å². The third-order valence-corrected chi connectivity index (χ3v) is 5.85. The van der Waals surface area contributed by atoms with Crippen molar-refractivity contribution >= 4 is 27.5 Å². The number of nitrogens with one attached hydrogen (secondary N) is 2. The number of aryl methyl sites for hydroxylation is 2. The van der Waals surface area contributed by atoms with E-state index < -0.39 is 0 Å². The topological polar surface area (TPSA) is 74.8 Å². The van der Waals surface area contributed by atoms with E-state index in [2.05, 4.69) is 15.3 Å². The van der Waals surface area contributed by atoms with Crippen molar-refractivity contribution in [2.45, 2.75) is 19.9 Å². The second kappa shape index (κ2) is 7.40. The molecule has 0 saturated heterocycles. The van der Waals surface area contributed by atoms with E-state index >= 15 is 0 Å². The molecule has 0 saturated carbocycles. The second-order valence-corrected chi connectivity index (χ2v) is 7.61. The van der Waals surface area contributed by atoms with Crippen molar-refractivity contribution < 1.29 is 4.79 Å². The number of rotatable bonds is 4. The van der Waals surface area contributed by atoms with Crippen molar-refractivity contribution in [2.24, 2.45) is 0 Å². The molecule has 4 rings (SSSR count). The largest absolute Gasteiger partial charge is 0.340 e. The number of H-pyrrole nitrogens is 1. The lowest BCUT2D eigenvalue weighted by Gasteiger charge is -2.19. The minimum Gasteiger partial charge on any atom is -0.340 e. The van der Waals surface area contributed by atoms with Crippen LogP contribution in [0.25, 0.3) is 10.2 Å². The maximum Gasteiger partial charge on any atom is 0.262 e. The smallest absolute Gasteiger partial charge is 0.262 e. The summed E-state index contributed by atoms with van der Waals surface area (Å²) in [5, 5.41) is 3.62. The van der Waals surface area contributed by atoms with Gasteiger partial charge in [-0.1, -0.05) is 60.7 Å². The summed E-state index contributed by atoms with van der Waals surface area (Å²) in [5.74, 6) is 0.326. The standard InChI is InChI=1S/C22H19N3O2S/c1-13-17-20(26)23-14(2)24-22(17)28-19(13)21(27)25-18(15-9-5-3-6-10-15)16-11-7-4-8-12-16/h3-12,18H,1-2H3,(H,25,27)(H,23,24,26). The van der Waals surface area contributed by atoms with E-state index in [1.54, 1.807) is 13.8 Å². The number of fused-ring (bicyclic) bond motifs is 1. The molecule has 0 atom stereocenters. The summed E-state index contributed by atoms with van der Waals surface area (Å²) < 4.78 is 0. The minimum atomic E-state index is -0.285. The van der Waals surface area contributed by atoms with Crippen LogP contribution < -0.4 is 10.9 Å². The Bertz CT molecular complexity index is 1160. The van der Waals surface area contributed by atoms with Crippen molar-refractivity contribution in [3.05, 3.63) is 98.4 Å². The fourth-order valence-corrected chi connectivity index (χ4v) is 4.45. The van der Waals surface area contributed by atoms with E-state index in [1.807, 2.05) is 60.7 Å². The molecule has 4 aromatic rings. The molecule has 2 aromatic heterocycles. The van der Waals surface area contributed by atoms with Crippen LogP contribution in [0, 0.1) is 13.8 Å². The zero-order valence-electron chi connectivity index (χ0n) is 15.5. The number of thiophene rings is 1. The third-order valence-electron chi connectivity index (χ3n) is 4.67. The highest BCUT2D eigenvalue weighted by Crippen LogP contribution is 2.29. The van der Waals surface area contributed by atoms with Crippen LogP contribution in [0.1, 0.15) is 38.2 Å². The number of nitrogens with zero attached hydrogens (tertiary/aromatic N) is 1. The highest BCUT2D eigenvalue weighted by atomic mass is 32.1. The normalized spacial score (nSPS) is 11.1. The fraction of sp³-hybridized carbons (Fsp3) is 0.136. The number of hydrogen-bond acceptors (Lipinski definition) is 4. The van der Waals surface area contributed by atoms with Crippen molar-refractivity contribution in [3.63, 3.8) is 0 Å². The van der Waals surface area contributed by atoms with Gasteiger partial charge in [0.2, 0.25) is 0 Å². The molecular formula is C22H19N3O2S. The fourth-order valence-electron chi connectivity index (χ4n) is 3.31. The molecular weight excluding hydrogens is 370 g/mol. The molecule has 0 radical (unpaired) electrons. The molecule has 140 valence electrons. The lowest BCUT2D eigenvalue weighted by atomic mass is 9.98. The van der Waals surface area contributed by atoms with Gasteiger partial charge in [-0.25, -0.2) is 4.98 Å². The van der Waals surface area contributed by atoms with E-state index in [4.69, 9.17) is 0 Å². The van der Waals surface area contributed by atoms with Crippen LogP contribution >= 0.6 is 11.3 Å². The first-order chi connectivity index (χ1) is 13.5. The first kappa shape index (κ1) is 18.1. The Morgan fingerprint density at radius 1 is 1.00 bits per heavy atom. The number of carbonyl (C=O) groups is 1. The van der Waals surface area contributed by atoms with Gasteiger partial charge in [0.05, 0.1) is 16.3 Å². The summed E-state index contributed by atoms with van der Waals surface area (Å²) in [6.45, 7) is 3.52. The molecule has 0 aliphatic carbocycles. The Kier molecular flexibility index (Phi) is 4.79. The van der Waals surface area contributed by atoms with Crippen LogP contribution in [-0.4, -0.2) is 15.9 Å². The van der Waals surface area contributed by atoms with Gasteiger partial charge in [-0.3, -0.25) is 9.59 Å². The maximum atomic E-state index is 13.1. The van der Waals surface area contributed by atoms with Crippen molar-refractivity contribution in [2.75, 3.05) is 0 Å². The lowest BCUT2D eigenvalue weighted by Crippen LogP contribution is -2.29. The van der Waals surface area contributed by atoms with E-state index in [-0.39, 0.29) is 17.5 Å². The van der Waals surface area contributed by atoms with Gasteiger partial charge in [0.1, 0.15) is 10.7 Å². The van der Waals surface area contributed by atoms with Crippen molar-refractivity contribution in [1.29, 1.82) is 0 Å². The predicted octanol–water partition coefficient (Wildman–Crippen LogP) is 4.12. The number of amides is 1. The van der Waals surface area contributed by atoms with Gasteiger partial charge >= 0.3 is 0 Å². The number of aromatic nitrogens is 2. The zero-order valence-corrected chi connectivity index (χ0v) is 16.3. The van der Waals surface area contributed by atoms with E-state index in [1.165, 1.54) is 11.3 Å².